The standard InChI is InChI=1S/C12H15N3O3S/c1-17-9-4-3-8(10(5-9)18-2)6-15-11(7-16)13-14-12(15)19/h3-5,16H,6-7H2,1-2H3,(H,14,19). The van der Waals surface area contributed by atoms with Crippen LogP contribution in [0.1, 0.15) is 11.4 Å². The zero-order valence-electron chi connectivity index (χ0n) is 10.7. The Balaban J connectivity index is 2.37. The Kier molecular flexibility index (Phi) is 4.18. The summed E-state index contributed by atoms with van der Waals surface area (Å²) in [5, 5.41) is 15.8. The Labute approximate surface area is 115 Å². The number of nitrogens with one attached hydrogen (secondary N) is 1. The molecule has 0 fully saturated rings. The Morgan fingerprint density at radius 3 is 2.79 bits per heavy atom. The van der Waals surface area contributed by atoms with Crippen LogP contribution in [-0.4, -0.2) is 34.1 Å². The molecule has 0 spiro atoms. The predicted molar refractivity (Wildman–Crippen MR) is 72.0 cm³/mol. The van der Waals surface area contributed by atoms with Gasteiger partial charge in [0.25, 0.3) is 0 Å². The second kappa shape index (κ2) is 5.85. The van der Waals surface area contributed by atoms with Gasteiger partial charge in [0.1, 0.15) is 18.1 Å². The summed E-state index contributed by atoms with van der Waals surface area (Å²) in [4.78, 5) is 0. The first-order valence-electron chi connectivity index (χ1n) is 5.65. The number of aromatic nitrogens is 3. The van der Waals surface area contributed by atoms with Crippen molar-refractivity contribution in [3.63, 3.8) is 0 Å². The molecule has 7 heteroatoms. The van der Waals surface area contributed by atoms with Crippen molar-refractivity contribution in [3.05, 3.63) is 34.4 Å². The number of aliphatic hydroxyl groups excluding tert-OH is 1. The monoisotopic (exact) mass is 281 g/mol. The number of methoxy groups -OCH3 is 2. The predicted octanol–water partition coefficient (Wildman–Crippen LogP) is 1.50. The van der Waals surface area contributed by atoms with Crippen LogP contribution >= 0.6 is 12.2 Å². The quantitative estimate of drug-likeness (QED) is 0.813. The van der Waals surface area contributed by atoms with Crippen LogP contribution in [0.2, 0.25) is 0 Å². The molecule has 6 nitrogen and oxygen atoms in total. The molecule has 0 radical (unpaired) electrons. The van der Waals surface area contributed by atoms with E-state index in [9.17, 15) is 5.11 Å². The molecule has 1 heterocycles. The molecule has 2 N–H and O–H groups in total. The molecular weight excluding hydrogens is 266 g/mol. The van der Waals surface area contributed by atoms with Gasteiger partial charge in [-0.25, -0.2) is 0 Å². The van der Waals surface area contributed by atoms with Crippen molar-refractivity contribution in [1.82, 2.24) is 14.8 Å². The van der Waals surface area contributed by atoms with Gasteiger partial charge in [0.05, 0.1) is 20.8 Å². The third-order valence-corrected chi connectivity index (χ3v) is 3.11. The first-order valence-corrected chi connectivity index (χ1v) is 6.06. The molecule has 0 atom stereocenters. The summed E-state index contributed by atoms with van der Waals surface area (Å²) < 4.78 is 12.7. The number of hydrogen-bond donors (Lipinski definition) is 2. The van der Waals surface area contributed by atoms with E-state index in [4.69, 9.17) is 21.7 Å². The van der Waals surface area contributed by atoms with Crippen LogP contribution in [0.25, 0.3) is 0 Å². The number of aromatic amines is 1. The van der Waals surface area contributed by atoms with E-state index in [2.05, 4.69) is 10.2 Å². The molecule has 0 aliphatic heterocycles. The number of rotatable bonds is 5. The van der Waals surface area contributed by atoms with Crippen molar-refractivity contribution in [2.45, 2.75) is 13.2 Å². The van der Waals surface area contributed by atoms with E-state index in [-0.39, 0.29) is 6.61 Å². The second-order valence-electron chi connectivity index (χ2n) is 3.87. The van der Waals surface area contributed by atoms with Gasteiger partial charge in [-0.05, 0) is 24.4 Å². The lowest BCUT2D eigenvalue weighted by atomic mass is 10.2. The minimum atomic E-state index is -0.175. The first-order chi connectivity index (χ1) is 9.19. The molecule has 1 aromatic heterocycles. The minimum Gasteiger partial charge on any atom is -0.497 e. The summed E-state index contributed by atoms with van der Waals surface area (Å²) in [5.74, 6) is 1.91. The Hall–Kier alpha value is -1.86. The van der Waals surface area contributed by atoms with E-state index in [0.717, 1.165) is 11.3 Å². The Morgan fingerprint density at radius 2 is 2.16 bits per heavy atom. The molecule has 102 valence electrons. The normalized spacial score (nSPS) is 10.5. The van der Waals surface area contributed by atoms with Crippen molar-refractivity contribution < 1.29 is 14.6 Å². The Bertz CT molecular complexity index is 621. The third-order valence-electron chi connectivity index (χ3n) is 2.80. The topological polar surface area (TPSA) is 72.3 Å². The lowest BCUT2D eigenvalue weighted by molar-refractivity contribution is 0.265. The summed E-state index contributed by atoms with van der Waals surface area (Å²) >= 11 is 5.13. The van der Waals surface area contributed by atoms with E-state index < -0.39 is 0 Å². The number of hydrogen-bond acceptors (Lipinski definition) is 5. The van der Waals surface area contributed by atoms with Crippen LogP contribution in [0.3, 0.4) is 0 Å². The van der Waals surface area contributed by atoms with Gasteiger partial charge in [0.15, 0.2) is 10.6 Å². The molecule has 2 aromatic rings. The fourth-order valence-electron chi connectivity index (χ4n) is 1.79. The zero-order chi connectivity index (χ0) is 13.8. The van der Waals surface area contributed by atoms with Gasteiger partial charge in [0.2, 0.25) is 0 Å². The Morgan fingerprint density at radius 1 is 1.37 bits per heavy atom. The van der Waals surface area contributed by atoms with E-state index in [0.29, 0.717) is 22.9 Å². The second-order valence-corrected chi connectivity index (χ2v) is 4.25. The molecule has 19 heavy (non-hydrogen) atoms. The fraction of sp³-hybridized carbons (Fsp3) is 0.333. The average molecular weight is 281 g/mol. The molecular formula is C12H15N3O3S. The van der Waals surface area contributed by atoms with E-state index >= 15 is 0 Å². The summed E-state index contributed by atoms with van der Waals surface area (Å²) in [7, 11) is 3.20. The van der Waals surface area contributed by atoms with Crippen molar-refractivity contribution in [2.75, 3.05) is 14.2 Å². The van der Waals surface area contributed by atoms with Gasteiger partial charge in [0, 0.05) is 11.6 Å². The van der Waals surface area contributed by atoms with Crippen molar-refractivity contribution in [3.8, 4) is 11.5 Å². The summed E-state index contributed by atoms with van der Waals surface area (Å²) in [6.45, 7) is 0.296. The highest BCUT2D eigenvalue weighted by atomic mass is 32.1. The van der Waals surface area contributed by atoms with E-state index in [1.807, 2.05) is 12.1 Å². The lowest BCUT2D eigenvalue weighted by Gasteiger charge is -2.11. The number of nitrogens with zero attached hydrogens (tertiary/aromatic N) is 2. The summed E-state index contributed by atoms with van der Waals surface area (Å²) in [6, 6.07) is 5.55. The van der Waals surface area contributed by atoms with Gasteiger partial charge >= 0.3 is 0 Å². The number of benzene rings is 1. The van der Waals surface area contributed by atoms with Crippen LogP contribution in [0, 0.1) is 4.77 Å². The number of aliphatic hydroxyl groups is 1. The van der Waals surface area contributed by atoms with Gasteiger partial charge in [-0.1, -0.05) is 0 Å². The molecule has 0 bridgehead atoms. The van der Waals surface area contributed by atoms with Crippen LogP contribution in [-0.2, 0) is 13.2 Å². The highest BCUT2D eigenvalue weighted by Gasteiger charge is 2.10. The molecule has 0 aliphatic rings. The number of H-pyrrole nitrogens is 1. The number of ether oxygens (including phenoxy) is 2. The minimum absolute atomic E-state index is 0.175. The maximum absolute atomic E-state index is 9.22. The SMILES string of the molecule is COc1ccc(Cn2c(CO)n[nH]c2=S)c(OC)c1. The zero-order valence-corrected chi connectivity index (χ0v) is 11.5. The van der Waals surface area contributed by atoms with E-state index in [1.165, 1.54) is 0 Å². The largest absolute Gasteiger partial charge is 0.497 e. The van der Waals surface area contributed by atoms with Gasteiger partial charge in [-0.2, -0.15) is 5.10 Å². The summed E-state index contributed by atoms with van der Waals surface area (Å²) in [5.41, 5.74) is 0.926. The van der Waals surface area contributed by atoms with E-state index in [1.54, 1.807) is 24.9 Å². The average Bonchev–Trinajstić information content (AvgIpc) is 2.80. The van der Waals surface area contributed by atoms with Crippen molar-refractivity contribution >= 4 is 12.2 Å². The molecule has 0 aliphatic carbocycles. The lowest BCUT2D eigenvalue weighted by Crippen LogP contribution is -2.06. The van der Waals surface area contributed by atoms with Crippen LogP contribution in [0.4, 0.5) is 0 Å². The molecule has 0 unspecified atom stereocenters. The molecule has 0 saturated carbocycles. The summed E-state index contributed by atoms with van der Waals surface area (Å²) in [6.07, 6.45) is 0. The smallest absolute Gasteiger partial charge is 0.195 e. The van der Waals surface area contributed by atoms with Gasteiger partial charge < -0.3 is 14.6 Å². The van der Waals surface area contributed by atoms with Crippen molar-refractivity contribution in [2.24, 2.45) is 0 Å². The first kappa shape index (κ1) is 13.6. The molecule has 0 amide bonds. The fourth-order valence-corrected chi connectivity index (χ4v) is 2.00. The van der Waals surface area contributed by atoms with Crippen LogP contribution in [0.5, 0.6) is 11.5 Å². The van der Waals surface area contributed by atoms with Crippen molar-refractivity contribution in [1.29, 1.82) is 0 Å². The maximum atomic E-state index is 9.22. The van der Waals surface area contributed by atoms with Gasteiger partial charge in [-0.3, -0.25) is 9.67 Å². The highest BCUT2D eigenvalue weighted by molar-refractivity contribution is 7.71. The molecule has 0 saturated heterocycles. The molecule has 1 aromatic carbocycles. The maximum Gasteiger partial charge on any atom is 0.195 e. The van der Waals surface area contributed by atoms with Crippen LogP contribution < -0.4 is 9.47 Å². The van der Waals surface area contributed by atoms with Crippen LogP contribution in [0.15, 0.2) is 18.2 Å². The molecule has 2 rings (SSSR count). The highest BCUT2D eigenvalue weighted by Crippen LogP contribution is 2.25. The van der Waals surface area contributed by atoms with Gasteiger partial charge in [-0.15, -0.1) is 0 Å². The third kappa shape index (κ3) is 2.77.